The van der Waals surface area contributed by atoms with Gasteiger partial charge in [-0.05, 0) is 25.8 Å². The van der Waals surface area contributed by atoms with E-state index in [-0.39, 0.29) is 0 Å². The Morgan fingerprint density at radius 1 is 1.38 bits per heavy atom. The van der Waals surface area contributed by atoms with Gasteiger partial charge in [-0.25, -0.2) is 4.98 Å². The van der Waals surface area contributed by atoms with E-state index in [4.69, 9.17) is 0 Å². The van der Waals surface area contributed by atoms with E-state index in [1.54, 1.807) is 18.4 Å². The van der Waals surface area contributed by atoms with Gasteiger partial charge in [0, 0.05) is 31.7 Å². The van der Waals surface area contributed by atoms with Crippen molar-refractivity contribution in [3.63, 3.8) is 0 Å². The van der Waals surface area contributed by atoms with Crippen molar-refractivity contribution in [3.8, 4) is 0 Å². The zero-order valence-corrected chi connectivity index (χ0v) is 13.8. The second kappa shape index (κ2) is 7.21. The average molecular weight is 306 g/mol. The van der Waals surface area contributed by atoms with Crippen LogP contribution in [0.1, 0.15) is 21.1 Å². The van der Waals surface area contributed by atoms with Gasteiger partial charge in [0.2, 0.25) is 0 Å². The first-order valence-electron chi connectivity index (χ1n) is 6.93. The summed E-state index contributed by atoms with van der Waals surface area (Å²) in [6.45, 7) is 5.65. The molecule has 0 fully saturated rings. The summed E-state index contributed by atoms with van der Waals surface area (Å²) in [5.74, 6) is 0.810. The second-order valence-electron chi connectivity index (χ2n) is 4.87. The highest BCUT2D eigenvalue weighted by molar-refractivity contribution is 7.11. The van der Waals surface area contributed by atoms with E-state index in [9.17, 15) is 0 Å². The summed E-state index contributed by atoms with van der Waals surface area (Å²) < 4.78 is 1.82. The van der Waals surface area contributed by atoms with Gasteiger partial charge in [-0.3, -0.25) is 9.67 Å². The fourth-order valence-electron chi connectivity index (χ4n) is 2.05. The maximum Gasteiger partial charge on any atom is 0.191 e. The maximum absolute atomic E-state index is 4.43. The number of aliphatic imine (C=N–C) groups is 1. The van der Waals surface area contributed by atoms with Crippen LogP contribution in [-0.2, 0) is 20.0 Å². The minimum absolute atomic E-state index is 0.754. The molecule has 6 nitrogen and oxygen atoms in total. The first-order valence-corrected chi connectivity index (χ1v) is 7.75. The van der Waals surface area contributed by atoms with Gasteiger partial charge in [-0.1, -0.05) is 0 Å². The minimum atomic E-state index is 0.754. The van der Waals surface area contributed by atoms with E-state index in [1.807, 2.05) is 38.0 Å². The number of aryl methyl sites for hydroxylation is 3. The molecule has 0 aromatic carbocycles. The third kappa shape index (κ3) is 4.56. The number of hydrogen-bond acceptors (Lipinski definition) is 4. The monoisotopic (exact) mass is 306 g/mol. The van der Waals surface area contributed by atoms with Crippen LogP contribution in [0.25, 0.3) is 0 Å². The number of guanidine groups is 1. The topological polar surface area (TPSA) is 67.1 Å². The Balaban J connectivity index is 1.77. The Kier molecular flexibility index (Phi) is 5.32. The summed E-state index contributed by atoms with van der Waals surface area (Å²) >= 11 is 1.72. The zero-order valence-electron chi connectivity index (χ0n) is 13.0. The van der Waals surface area contributed by atoms with Crippen molar-refractivity contribution >= 4 is 17.3 Å². The van der Waals surface area contributed by atoms with Gasteiger partial charge in [0.1, 0.15) is 0 Å². The van der Waals surface area contributed by atoms with Gasteiger partial charge in [0.15, 0.2) is 5.96 Å². The average Bonchev–Trinajstić information content (AvgIpc) is 2.99. The molecule has 2 N–H and O–H groups in total. The normalized spacial score (nSPS) is 11.7. The van der Waals surface area contributed by atoms with Crippen molar-refractivity contribution in [3.05, 3.63) is 33.5 Å². The lowest BCUT2D eigenvalue weighted by Crippen LogP contribution is -2.37. The lowest BCUT2D eigenvalue weighted by molar-refractivity contribution is 0.765. The number of nitrogens with zero attached hydrogens (tertiary/aromatic N) is 4. The molecule has 0 spiro atoms. The molecule has 114 valence electrons. The van der Waals surface area contributed by atoms with Crippen molar-refractivity contribution in [1.29, 1.82) is 0 Å². The summed E-state index contributed by atoms with van der Waals surface area (Å²) in [6, 6.07) is 0. The SMILES string of the molecule is CN=C(NCCc1cnn(C)c1)NCc1sc(C)nc1C. The van der Waals surface area contributed by atoms with Crippen molar-refractivity contribution in [2.24, 2.45) is 12.0 Å². The molecule has 2 rings (SSSR count). The maximum atomic E-state index is 4.43. The predicted molar refractivity (Wildman–Crippen MR) is 86.7 cm³/mol. The lowest BCUT2D eigenvalue weighted by Gasteiger charge is -2.10. The molecule has 0 aliphatic rings. The van der Waals surface area contributed by atoms with Gasteiger partial charge in [0.25, 0.3) is 0 Å². The molecule has 0 saturated heterocycles. The van der Waals surface area contributed by atoms with Crippen LogP contribution < -0.4 is 10.6 Å². The first kappa shape index (κ1) is 15.5. The van der Waals surface area contributed by atoms with E-state index in [0.717, 1.165) is 36.2 Å². The van der Waals surface area contributed by atoms with Crippen LogP contribution in [0.3, 0.4) is 0 Å². The number of hydrogen-bond donors (Lipinski definition) is 2. The van der Waals surface area contributed by atoms with Crippen molar-refractivity contribution in [1.82, 2.24) is 25.4 Å². The molecule has 0 aliphatic carbocycles. The molecule has 2 aromatic rings. The van der Waals surface area contributed by atoms with Gasteiger partial charge in [-0.2, -0.15) is 5.10 Å². The van der Waals surface area contributed by atoms with E-state index in [2.05, 4.69) is 25.7 Å². The number of thiazole rings is 1. The molecule has 0 bridgehead atoms. The fraction of sp³-hybridized carbons (Fsp3) is 0.500. The Bertz CT molecular complexity index is 613. The highest BCUT2D eigenvalue weighted by atomic mass is 32.1. The van der Waals surface area contributed by atoms with Gasteiger partial charge >= 0.3 is 0 Å². The summed E-state index contributed by atoms with van der Waals surface area (Å²) in [7, 11) is 3.71. The fourth-order valence-corrected chi connectivity index (χ4v) is 2.93. The Hall–Kier alpha value is -1.89. The summed E-state index contributed by atoms with van der Waals surface area (Å²) in [5.41, 5.74) is 2.31. The number of aromatic nitrogens is 3. The molecule has 0 atom stereocenters. The Morgan fingerprint density at radius 3 is 2.76 bits per heavy atom. The molecule has 0 amide bonds. The smallest absolute Gasteiger partial charge is 0.191 e. The van der Waals surface area contributed by atoms with E-state index >= 15 is 0 Å². The zero-order chi connectivity index (χ0) is 15.2. The molecule has 0 aliphatic heterocycles. The van der Waals surface area contributed by atoms with E-state index in [0.29, 0.717) is 0 Å². The van der Waals surface area contributed by atoms with Crippen LogP contribution in [0, 0.1) is 13.8 Å². The molecule has 7 heteroatoms. The third-order valence-corrected chi connectivity index (χ3v) is 4.18. The quantitative estimate of drug-likeness (QED) is 0.647. The highest BCUT2D eigenvalue weighted by Crippen LogP contribution is 2.16. The minimum Gasteiger partial charge on any atom is -0.356 e. The van der Waals surface area contributed by atoms with Crippen molar-refractivity contribution < 1.29 is 0 Å². The van der Waals surface area contributed by atoms with E-state index in [1.165, 1.54) is 10.4 Å². The third-order valence-electron chi connectivity index (χ3n) is 3.10. The van der Waals surface area contributed by atoms with Gasteiger partial charge in [0.05, 0.1) is 23.4 Å². The molecule has 0 unspecified atom stereocenters. The standard InChI is InChI=1S/C14H22N6S/c1-10-13(21-11(2)19-10)8-17-14(15-3)16-6-5-12-7-18-20(4)9-12/h7,9H,5-6,8H2,1-4H3,(H2,15,16,17). The van der Waals surface area contributed by atoms with Gasteiger partial charge in [-0.15, -0.1) is 11.3 Å². The van der Waals surface area contributed by atoms with Crippen molar-refractivity contribution in [2.45, 2.75) is 26.8 Å². The number of nitrogens with one attached hydrogen (secondary N) is 2. The van der Waals surface area contributed by atoms with Gasteiger partial charge < -0.3 is 10.6 Å². The summed E-state index contributed by atoms with van der Waals surface area (Å²) in [5, 5.41) is 11.9. The van der Waals surface area contributed by atoms with Crippen LogP contribution in [0.2, 0.25) is 0 Å². The summed E-state index contributed by atoms with van der Waals surface area (Å²) in [6.07, 6.45) is 4.84. The molecule has 21 heavy (non-hydrogen) atoms. The van der Waals surface area contributed by atoms with Crippen LogP contribution in [0.5, 0.6) is 0 Å². The van der Waals surface area contributed by atoms with Crippen LogP contribution in [0.4, 0.5) is 0 Å². The molecule has 0 radical (unpaired) electrons. The molecular formula is C14H22N6S. The predicted octanol–water partition coefficient (Wildman–Crippen LogP) is 1.40. The molecular weight excluding hydrogens is 284 g/mol. The van der Waals surface area contributed by atoms with Crippen LogP contribution in [0.15, 0.2) is 17.4 Å². The summed E-state index contributed by atoms with van der Waals surface area (Å²) in [4.78, 5) is 9.91. The second-order valence-corrected chi connectivity index (χ2v) is 6.15. The molecule has 2 aromatic heterocycles. The Labute approximate surface area is 129 Å². The Morgan fingerprint density at radius 2 is 2.19 bits per heavy atom. The van der Waals surface area contributed by atoms with Crippen LogP contribution >= 0.6 is 11.3 Å². The largest absolute Gasteiger partial charge is 0.356 e. The lowest BCUT2D eigenvalue weighted by atomic mass is 10.2. The first-order chi connectivity index (χ1) is 10.1. The number of rotatable bonds is 5. The molecule has 2 heterocycles. The van der Waals surface area contributed by atoms with Crippen molar-refractivity contribution in [2.75, 3.05) is 13.6 Å². The van der Waals surface area contributed by atoms with E-state index < -0.39 is 0 Å². The highest BCUT2D eigenvalue weighted by Gasteiger charge is 2.05. The van der Waals surface area contributed by atoms with Crippen LogP contribution in [-0.4, -0.2) is 34.3 Å². The molecule has 0 saturated carbocycles.